The molecule has 120 valence electrons. The van der Waals surface area contributed by atoms with Crippen LogP contribution in [0.5, 0.6) is 0 Å². The molecule has 1 fully saturated rings. The Hall–Kier alpha value is -0.120. The van der Waals surface area contributed by atoms with Crippen molar-refractivity contribution in [3.05, 3.63) is 0 Å². The largest absolute Gasteiger partial charge is 0.297 e. The van der Waals surface area contributed by atoms with Crippen molar-refractivity contribution < 1.29 is 0 Å². The molecule has 0 bridgehead atoms. The summed E-state index contributed by atoms with van der Waals surface area (Å²) in [5.74, 6) is 7.64. The van der Waals surface area contributed by atoms with Crippen LogP contribution >= 0.6 is 0 Å². The van der Waals surface area contributed by atoms with Gasteiger partial charge in [-0.05, 0) is 50.6 Å². The number of rotatable bonds is 8. The molecule has 1 rings (SSSR count). The molecule has 1 saturated carbocycles. The van der Waals surface area contributed by atoms with Crippen LogP contribution in [0, 0.1) is 11.8 Å². The lowest BCUT2D eigenvalue weighted by Gasteiger charge is -2.51. The van der Waals surface area contributed by atoms with Crippen LogP contribution in [0.4, 0.5) is 0 Å². The second-order valence-corrected chi connectivity index (χ2v) is 6.66. The predicted octanol–water partition coefficient (Wildman–Crippen LogP) is 3.55. The zero-order valence-corrected chi connectivity index (χ0v) is 14.4. The Bertz CT molecular complexity index is 259. The molecule has 3 nitrogen and oxygen atoms in total. The maximum absolute atomic E-state index is 6.06. The van der Waals surface area contributed by atoms with Crippen molar-refractivity contribution in [3.63, 3.8) is 0 Å². The fourth-order valence-corrected chi connectivity index (χ4v) is 4.70. The number of hydrogen-bond acceptors (Lipinski definition) is 3. The van der Waals surface area contributed by atoms with Crippen LogP contribution in [0.15, 0.2) is 0 Å². The quantitative estimate of drug-likeness (QED) is 0.529. The number of nitrogens with two attached hydrogens (primary N) is 1. The number of nitrogens with zero attached hydrogens (tertiary/aromatic N) is 1. The van der Waals surface area contributed by atoms with Crippen LogP contribution in [0.2, 0.25) is 0 Å². The molecule has 0 radical (unpaired) electrons. The highest BCUT2D eigenvalue weighted by Crippen LogP contribution is 2.39. The molecule has 0 aliphatic heterocycles. The lowest BCUT2D eigenvalue weighted by molar-refractivity contribution is 0.0140. The van der Waals surface area contributed by atoms with Crippen molar-refractivity contribution >= 4 is 0 Å². The van der Waals surface area contributed by atoms with E-state index < -0.39 is 0 Å². The minimum atomic E-state index is 0.208. The van der Waals surface area contributed by atoms with E-state index in [4.69, 9.17) is 5.84 Å². The van der Waals surface area contributed by atoms with E-state index in [1.165, 1.54) is 38.5 Å². The summed E-state index contributed by atoms with van der Waals surface area (Å²) in [6.07, 6.45) is 7.77. The zero-order chi connectivity index (χ0) is 15.2. The summed E-state index contributed by atoms with van der Waals surface area (Å²) in [6, 6.07) is 0.417. The highest BCUT2D eigenvalue weighted by atomic mass is 15.3. The molecule has 0 saturated heterocycles. The van der Waals surface area contributed by atoms with Crippen LogP contribution in [-0.4, -0.2) is 29.6 Å². The van der Waals surface area contributed by atoms with Crippen LogP contribution in [0.1, 0.15) is 73.1 Å². The Morgan fingerprint density at radius 3 is 2.15 bits per heavy atom. The molecule has 0 heterocycles. The summed E-state index contributed by atoms with van der Waals surface area (Å²) in [4.78, 5) is 2.64. The number of nitrogens with one attached hydrogen (secondary N) is 1. The van der Waals surface area contributed by atoms with Gasteiger partial charge in [-0.15, -0.1) is 0 Å². The molecular formula is C17H37N3. The highest BCUT2D eigenvalue weighted by molar-refractivity contribution is 5.01. The Kier molecular flexibility index (Phi) is 7.49. The Labute approximate surface area is 126 Å². The van der Waals surface area contributed by atoms with Crippen molar-refractivity contribution in [2.24, 2.45) is 17.7 Å². The summed E-state index contributed by atoms with van der Waals surface area (Å²) in [5.41, 5.74) is 3.45. The minimum Gasteiger partial charge on any atom is -0.297 e. The van der Waals surface area contributed by atoms with E-state index in [0.29, 0.717) is 6.04 Å². The molecule has 3 unspecified atom stereocenters. The Balaban J connectivity index is 3.01. The third-order valence-electron chi connectivity index (χ3n) is 5.82. The molecule has 0 amide bonds. The van der Waals surface area contributed by atoms with E-state index in [0.717, 1.165) is 24.9 Å². The van der Waals surface area contributed by atoms with Gasteiger partial charge in [-0.25, -0.2) is 0 Å². The van der Waals surface area contributed by atoms with Gasteiger partial charge in [0.1, 0.15) is 0 Å². The van der Waals surface area contributed by atoms with E-state index in [9.17, 15) is 0 Å². The van der Waals surface area contributed by atoms with E-state index in [-0.39, 0.29) is 5.54 Å². The Morgan fingerprint density at radius 2 is 1.75 bits per heavy atom. The monoisotopic (exact) mass is 283 g/mol. The molecule has 20 heavy (non-hydrogen) atoms. The van der Waals surface area contributed by atoms with Gasteiger partial charge in [-0.3, -0.25) is 16.2 Å². The van der Waals surface area contributed by atoms with E-state index >= 15 is 0 Å². The molecule has 1 aliphatic carbocycles. The SMILES string of the molecule is CCN(CC)C(CC)(CC)C(NN)C1CCCC(C)C1. The molecule has 1 aliphatic rings. The maximum Gasteiger partial charge on any atom is 0.0422 e. The second kappa shape index (κ2) is 8.35. The molecule has 3 atom stereocenters. The third-order valence-corrected chi connectivity index (χ3v) is 5.82. The zero-order valence-electron chi connectivity index (χ0n) is 14.4. The smallest absolute Gasteiger partial charge is 0.0422 e. The number of likely N-dealkylation sites (N-methyl/N-ethyl adjacent to an activating group) is 1. The van der Waals surface area contributed by atoms with Gasteiger partial charge in [-0.2, -0.15) is 0 Å². The standard InChI is InChI=1S/C17H37N3/c1-6-17(7-2,20(8-3)9-4)16(19-18)15-12-10-11-14(5)13-15/h14-16,19H,6-13,18H2,1-5H3. The van der Waals surface area contributed by atoms with E-state index in [1.807, 2.05) is 0 Å². The summed E-state index contributed by atoms with van der Waals surface area (Å²) < 4.78 is 0. The van der Waals surface area contributed by atoms with Crippen molar-refractivity contribution in [2.75, 3.05) is 13.1 Å². The predicted molar refractivity (Wildman–Crippen MR) is 88.5 cm³/mol. The first-order valence-corrected chi connectivity index (χ1v) is 8.80. The summed E-state index contributed by atoms with van der Waals surface area (Å²) in [6.45, 7) is 13.8. The summed E-state index contributed by atoms with van der Waals surface area (Å²) in [7, 11) is 0. The van der Waals surface area contributed by atoms with Crippen molar-refractivity contribution in [1.29, 1.82) is 0 Å². The average molecular weight is 284 g/mol. The summed E-state index contributed by atoms with van der Waals surface area (Å²) in [5, 5.41) is 0. The Morgan fingerprint density at radius 1 is 1.15 bits per heavy atom. The minimum absolute atomic E-state index is 0.208. The highest BCUT2D eigenvalue weighted by Gasteiger charge is 2.43. The fraction of sp³-hybridized carbons (Fsp3) is 1.00. The van der Waals surface area contributed by atoms with Gasteiger partial charge < -0.3 is 0 Å². The first-order chi connectivity index (χ1) is 9.59. The maximum atomic E-state index is 6.06. The lowest BCUT2D eigenvalue weighted by atomic mass is 9.69. The van der Waals surface area contributed by atoms with Gasteiger partial charge >= 0.3 is 0 Å². The van der Waals surface area contributed by atoms with Gasteiger partial charge in [0.15, 0.2) is 0 Å². The van der Waals surface area contributed by atoms with Crippen LogP contribution in [0.25, 0.3) is 0 Å². The van der Waals surface area contributed by atoms with Crippen LogP contribution in [0.3, 0.4) is 0 Å². The van der Waals surface area contributed by atoms with Gasteiger partial charge in [0.2, 0.25) is 0 Å². The molecular weight excluding hydrogens is 246 g/mol. The average Bonchev–Trinajstić information content (AvgIpc) is 2.47. The fourth-order valence-electron chi connectivity index (χ4n) is 4.70. The summed E-state index contributed by atoms with van der Waals surface area (Å²) >= 11 is 0. The lowest BCUT2D eigenvalue weighted by Crippen LogP contribution is -2.65. The second-order valence-electron chi connectivity index (χ2n) is 6.66. The first kappa shape index (κ1) is 17.9. The third kappa shape index (κ3) is 3.55. The molecule has 0 aromatic heterocycles. The van der Waals surface area contributed by atoms with E-state index in [1.54, 1.807) is 0 Å². The van der Waals surface area contributed by atoms with Crippen molar-refractivity contribution in [2.45, 2.75) is 84.7 Å². The van der Waals surface area contributed by atoms with Crippen LogP contribution in [-0.2, 0) is 0 Å². The molecule has 3 heteroatoms. The first-order valence-electron chi connectivity index (χ1n) is 8.80. The van der Waals surface area contributed by atoms with Gasteiger partial charge in [0, 0.05) is 11.6 Å². The number of hydrogen-bond donors (Lipinski definition) is 2. The van der Waals surface area contributed by atoms with Gasteiger partial charge in [0.25, 0.3) is 0 Å². The van der Waals surface area contributed by atoms with Gasteiger partial charge in [0.05, 0.1) is 0 Å². The molecule has 0 aromatic carbocycles. The van der Waals surface area contributed by atoms with Gasteiger partial charge in [-0.1, -0.05) is 47.5 Å². The topological polar surface area (TPSA) is 41.3 Å². The van der Waals surface area contributed by atoms with E-state index in [2.05, 4.69) is 44.9 Å². The van der Waals surface area contributed by atoms with Crippen LogP contribution < -0.4 is 11.3 Å². The molecule has 0 spiro atoms. The molecule has 0 aromatic rings. The normalized spacial score (nSPS) is 25.9. The molecule has 3 N–H and O–H groups in total. The van der Waals surface area contributed by atoms with Crippen molar-refractivity contribution in [1.82, 2.24) is 10.3 Å². The van der Waals surface area contributed by atoms with Crippen molar-refractivity contribution in [3.8, 4) is 0 Å². The number of hydrazine groups is 1.